The van der Waals surface area contributed by atoms with Crippen molar-refractivity contribution in [2.24, 2.45) is 0 Å². The Morgan fingerprint density at radius 3 is 2.00 bits per heavy atom. The third kappa shape index (κ3) is 2.04. The molecule has 0 radical (unpaired) electrons. The van der Waals surface area contributed by atoms with Gasteiger partial charge in [0, 0.05) is 0 Å². The van der Waals surface area contributed by atoms with E-state index in [1.807, 2.05) is 0 Å². The van der Waals surface area contributed by atoms with Crippen LogP contribution in [0.2, 0.25) is 0 Å². The molecule has 0 fully saturated rings. The smallest absolute Gasteiger partial charge is 0.439 e. The van der Waals surface area contributed by atoms with Crippen LogP contribution in [0.1, 0.15) is 0 Å². The van der Waals surface area contributed by atoms with Crippen LogP contribution in [0.4, 0.5) is 13.2 Å². The number of nitrogens with one attached hydrogen (secondary N) is 1. The molecule has 58 valence electrons. The summed E-state index contributed by atoms with van der Waals surface area (Å²) in [7, 11) is 0.780. The van der Waals surface area contributed by atoms with Gasteiger partial charge in [0.15, 0.2) is 0 Å². The quantitative estimate of drug-likeness (QED) is 0.448. The van der Waals surface area contributed by atoms with Crippen molar-refractivity contribution in [2.75, 3.05) is 7.11 Å². The first kappa shape index (κ1) is 8.93. The molecule has 0 unspecified atom stereocenters. The van der Waals surface area contributed by atoms with E-state index in [2.05, 4.69) is 4.74 Å². The lowest BCUT2D eigenvalue weighted by Gasteiger charge is -2.03. The molecule has 0 saturated carbocycles. The maximum atomic E-state index is 11.4. The van der Waals surface area contributed by atoms with E-state index in [1.54, 1.807) is 0 Å². The minimum Gasteiger partial charge on any atom is -0.464 e. The van der Waals surface area contributed by atoms with Crippen molar-refractivity contribution in [3.63, 3.8) is 0 Å². The van der Waals surface area contributed by atoms with E-state index < -0.39 is 17.9 Å². The van der Waals surface area contributed by atoms with Crippen LogP contribution in [0.15, 0.2) is 0 Å². The predicted octanol–water partition coefficient (Wildman–Crippen LogP) is 0.741. The van der Waals surface area contributed by atoms with Gasteiger partial charge in [-0.25, -0.2) is 4.79 Å². The van der Waals surface area contributed by atoms with Crippen LogP contribution in [0, 0.1) is 5.41 Å². The molecule has 0 saturated heterocycles. The molecule has 10 heavy (non-hydrogen) atoms. The second-order valence-corrected chi connectivity index (χ2v) is 1.36. The molecule has 0 rings (SSSR count). The molecule has 0 aliphatic carbocycles. The summed E-state index contributed by atoms with van der Waals surface area (Å²) in [4.78, 5) is 9.99. The minimum atomic E-state index is -4.91. The number of carbonyl (C=O) groups is 1. The molecule has 0 amide bonds. The lowest BCUT2D eigenvalue weighted by atomic mass is 10.4. The Morgan fingerprint density at radius 1 is 1.50 bits per heavy atom. The third-order valence-electron chi connectivity index (χ3n) is 0.673. The summed E-state index contributed by atoms with van der Waals surface area (Å²) in [5, 5.41) is 6.15. The van der Waals surface area contributed by atoms with Crippen LogP contribution < -0.4 is 0 Å². The van der Waals surface area contributed by atoms with Crippen molar-refractivity contribution in [1.82, 2.24) is 0 Å². The van der Waals surface area contributed by atoms with Crippen LogP contribution >= 0.6 is 0 Å². The van der Waals surface area contributed by atoms with Gasteiger partial charge in [-0.3, -0.25) is 5.41 Å². The van der Waals surface area contributed by atoms with Crippen LogP contribution in [-0.2, 0) is 9.53 Å². The standard InChI is InChI=1S/C4H4F3NO2/c1-10-3(9)2(8)4(5,6)7/h8H,1H3. The molecule has 6 heteroatoms. The molecule has 0 heterocycles. The lowest BCUT2D eigenvalue weighted by molar-refractivity contribution is -0.137. The normalized spacial score (nSPS) is 10.8. The number of esters is 1. The van der Waals surface area contributed by atoms with Crippen molar-refractivity contribution < 1.29 is 22.7 Å². The van der Waals surface area contributed by atoms with E-state index in [9.17, 15) is 18.0 Å². The summed E-state index contributed by atoms with van der Waals surface area (Å²) in [5.41, 5.74) is -1.99. The fourth-order valence-corrected chi connectivity index (χ4v) is 0.218. The Hall–Kier alpha value is -1.07. The third-order valence-corrected chi connectivity index (χ3v) is 0.673. The molecule has 0 aromatic heterocycles. The number of halogens is 3. The van der Waals surface area contributed by atoms with Gasteiger partial charge >= 0.3 is 12.1 Å². The number of hydrogen-bond acceptors (Lipinski definition) is 3. The fraction of sp³-hybridized carbons (Fsp3) is 0.500. The van der Waals surface area contributed by atoms with Crippen molar-refractivity contribution in [3.05, 3.63) is 0 Å². The summed E-state index contributed by atoms with van der Waals surface area (Å²) in [6, 6.07) is 0. The number of alkyl halides is 3. The Balaban J connectivity index is 4.24. The minimum absolute atomic E-state index is 0.780. The van der Waals surface area contributed by atoms with E-state index in [0.29, 0.717) is 0 Å². The van der Waals surface area contributed by atoms with Crippen molar-refractivity contribution in [2.45, 2.75) is 6.18 Å². The molecule has 3 nitrogen and oxygen atoms in total. The van der Waals surface area contributed by atoms with Gasteiger partial charge in [0.2, 0.25) is 5.71 Å². The van der Waals surface area contributed by atoms with Crippen LogP contribution in [0.3, 0.4) is 0 Å². The van der Waals surface area contributed by atoms with E-state index in [1.165, 1.54) is 0 Å². The number of rotatable bonds is 1. The maximum absolute atomic E-state index is 11.4. The highest BCUT2D eigenvalue weighted by molar-refractivity contribution is 6.37. The zero-order chi connectivity index (χ0) is 8.36. The zero-order valence-electron chi connectivity index (χ0n) is 4.95. The van der Waals surface area contributed by atoms with Crippen LogP contribution in [0.25, 0.3) is 0 Å². The molecular weight excluding hydrogens is 151 g/mol. The SMILES string of the molecule is COC(=O)C(=N)C(F)(F)F. The van der Waals surface area contributed by atoms with Gasteiger partial charge in [-0.1, -0.05) is 0 Å². The van der Waals surface area contributed by atoms with Gasteiger partial charge in [0.1, 0.15) is 0 Å². The maximum Gasteiger partial charge on any atom is 0.439 e. The summed E-state index contributed by atoms with van der Waals surface area (Å²) in [6.45, 7) is 0. The van der Waals surface area contributed by atoms with E-state index >= 15 is 0 Å². The van der Waals surface area contributed by atoms with Gasteiger partial charge in [-0.15, -0.1) is 0 Å². The molecule has 0 aliphatic heterocycles. The average molecular weight is 155 g/mol. The van der Waals surface area contributed by atoms with Crippen LogP contribution in [0.5, 0.6) is 0 Å². The summed E-state index contributed by atoms with van der Waals surface area (Å²) in [5.74, 6) is -1.67. The molecule has 1 N–H and O–H groups in total. The van der Waals surface area contributed by atoms with Gasteiger partial charge in [-0.2, -0.15) is 13.2 Å². The Labute approximate surface area is 54.3 Å². The van der Waals surface area contributed by atoms with Crippen molar-refractivity contribution >= 4 is 11.7 Å². The van der Waals surface area contributed by atoms with Crippen molar-refractivity contribution in [3.8, 4) is 0 Å². The Kier molecular flexibility index (Phi) is 2.39. The first-order valence-electron chi connectivity index (χ1n) is 2.13. The number of carbonyl (C=O) groups excluding carboxylic acids is 1. The highest BCUT2D eigenvalue weighted by atomic mass is 19.4. The number of hydrogen-bond donors (Lipinski definition) is 1. The molecule has 0 aromatic carbocycles. The molecule has 0 spiro atoms. The van der Waals surface area contributed by atoms with Gasteiger partial charge in [-0.05, 0) is 0 Å². The molecule has 0 bridgehead atoms. The second kappa shape index (κ2) is 2.68. The Morgan fingerprint density at radius 2 is 1.90 bits per heavy atom. The molecule has 0 atom stereocenters. The van der Waals surface area contributed by atoms with Gasteiger partial charge < -0.3 is 4.74 Å². The number of ether oxygens (including phenoxy) is 1. The number of methoxy groups -OCH3 is 1. The first-order chi connectivity index (χ1) is 4.39. The zero-order valence-corrected chi connectivity index (χ0v) is 4.95. The monoisotopic (exact) mass is 155 g/mol. The first-order valence-corrected chi connectivity index (χ1v) is 2.13. The average Bonchev–Trinajstić information content (AvgIpc) is 1.83. The summed E-state index contributed by atoms with van der Waals surface area (Å²) >= 11 is 0. The predicted molar refractivity (Wildman–Crippen MR) is 25.8 cm³/mol. The topological polar surface area (TPSA) is 50.2 Å². The van der Waals surface area contributed by atoms with E-state index in [4.69, 9.17) is 5.41 Å². The molecular formula is C4H4F3NO2. The van der Waals surface area contributed by atoms with Crippen molar-refractivity contribution in [1.29, 1.82) is 5.41 Å². The highest BCUT2D eigenvalue weighted by Gasteiger charge is 2.40. The summed E-state index contributed by atoms with van der Waals surface area (Å²) < 4.78 is 37.7. The fourth-order valence-electron chi connectivity index (χ4n) is 0.218. The van der Waals surface area contributed by atoms with E-state index in [-0.39, 0.29) is 0 Å². The highest BCUT2D eigenvalue weighted by Crippen LogP contribution is 2.16. The molecule has 0 aliphatic rings. The Bertz CT molecular complexity index is 162. The lowest BCUT2D eigenvalue weighted by Crippen LogP contribution is -2.30. The van der Waals surface area contributed by atoms with Gasteiger partial charge in [0.05, 0.1) is 7.11 Å². The summed E-state index contributed by atoms with van der Waals surface area (Å²) in [6.07, 6.45) is -4.91. The van der Waals surface area contributed by atoms with Crippen LogP contribution in [-0.4, -0.2) is 25.0 Å². The van der Waals surface area contributed by atoms with Gasteiger partial charge in [0.25, 0.3) is 0 Å². The van der Waals surface area contributed by atoms with E-state index in [0.717, 1.165) is 7.11 Å². The largest absolute Gasteiger partial charge is 0.464 e. The molecule has 0 aromatic rings. The second-order valence-electron chi connectivity index (χ2n) is 1.36.